The summed E-state index contributed by atoms with van der Waals surface area (Å²) in [6, 6.07) is 0. The molecule has 0 saturated heterocycles. The van der Waals surface area contributed by atoms with Gasteiger partial charge >= 0.3 is 5.97 Å². The van der Waals surface area contributed by atoms with Crippen LogP contribution in [0.4, 0.5) is 0 Å². The highest BCUT2D eigenvalue weighted by molar-refractivity contribution is 5.92. The second kappa shape index (κ2) is 7.96. The lowest BCUT2D eigenvalue weighted by molar-refractivity contribution is -0.135. The van der Waals surface area contributed by atoms with Crippen molar-refractivity contribution in [3.8, 4) is 0 Å². The van der Waals surface area contributed by atoms with Crippen LogP contribution in [0.5, 0.6) is 0 Å². The van der Waals surface area contributed by atoms with Crippen LogP contribution in [0.25, 0.3) is 0 Å². The summed E-state index contributed by atoms with van der Waals surface area (Å²) in [5, 5.41) is 4.00. The topological polar surface area (TPSA) is 64.4 Å². The Labute approximate surface area is 132 Å². The summed E-state index contributed by atoms with van der Waals surface area (Å²) in [5.41, 5.74) is 1.12. The van der Waals surface area contributed by atoms with Gasteiger partial charge in [0.25, 0.3) is 5.91 Å². The number of aromatic nitrogens is 2. The molecule has 0 fully saturated rings. The van der Waals surface area contributed by atoms with Crippen molar-refractivity contribution in [3.05, 3.63) is 17.5 Å². The van der Waals surface area contributed by atoms with Gasteiger partial charge in [-0.25, -0.2) is 4.79 Å². The van der Waals surface area contributed by atoms with Crippen molar-refractivity contribution in [1.29, 1.82) is 0 Å². The molecule has 0 bridgehead atoms. The van der Waals surface area contributed by atoms with Crippen LogP contribution in [0.3, 0.4) is 0 Å². The first-order valence-electron chi connectivity index (χ1n) is 7.65. The van der Waals surface area contributed by atoms with Gasteiger partial charge in [0.2, 0.25) is 0 Å². The molecule has 0 saturated carbocycles. The summed E-state index contributed by atoms with van der Waals surface area (Å²) < 4.78 is 6.74. The average Bonchev–Trinajstić information content (AvgIpc) is 2.74. The quantitative estimate of drug-likeness (QED) is 0.723. The van der Waals surface area contributed by atoms with Crippen molar-refractivity contribution < 1.29 is 14.3 Å². The lowest BCUT2D eigenvalue weighted by Crippen LogP contribution is -2.39. The minimum atomic E-state index is -0.506. The molecule has 0 aromatic carbocycles. The van der Waals surface area contributed by atoms with E-state index in [4.69, 9.17) is 4.74 Å². The van der Waals surface area contributed by atoms with Gasteiger partial charge in [-0.3, -0.25) is 9.48 Å². The summed E-state index contributed by atoms with van der Waals surface area (Å²) in [4.78, 5) is 26.0. The van der Waals surface area contributed by atoms with E-state index in [1.165, 1.54) is 6.20 Å². The Morgan fingerprint density at radius 1 is 1.23 bits per heavy atom. The van der Waals surface area contributed by atoms with E-state index in [0.29, 0.717) is 30.5 Å². The molecule has 124 valence electrons. The van der Waals surface area contributed by atoms with Gasteiger partial charge in [-0.1, -0.05) is 27.7 Å². The number of hydrogen-bond acceptors (Lipinski definition) is 4. The Bertz CT molecular complexity index is 511. The molecule has 1 heterocycles. The van der Waals surface area contributed by atoms with E-state index < -0.39 is 5.97 Å². The van der Waals surface area contributed by atoms with Gasteiger partial charge in [0.15, 0.2) is 6.61 Å². The van der Waals surface area contributed by atoms with Crippen LogP contribution in [0.15, 0.2) is 6.20 Å². The molecule has 0 aliphatic carbocycles. The van der Waals surface area contributed by atoms with Gasteiger partial charge in [0.1, 0.15) is 5.56 Å². The summed E-state index contributed by atoms with van der Waals surface area (Å²) >= 11 is 0. The highest BCUT2D eigenvalue weighted by Crippen LogP contribution is 2.09. The fourth-order valence-electron chi connectivity index (χ4n) is 2.16. The minimum Gasteiger partial charge on any atom is -0.452 e. The van der Waals surface area contributed by atoms with E-state index in [0.717, 1.165) is 5.69 Å². The number of amides is 1. The number of carbonyl (C=O) groups is 2. The monoisotopic (exact) mass is 309 g/mol. The number of aryl methyl sites for hydroxylation is 1. The number of carbonyl (C=O) groups excluding carboxylic acids is 2. The molecular weight excluding hydrogens is 282 g/mol. The predicted octanol–water partition coefficient (Wildman–Crippen LogP) is 2.03. The highest BCUT2D eigenvalue weighted by atomic mass is 16.5. The van der Waals surface area contributed by atoms with Crippen LogP contribution in [-0.4, -0.2) is 46.3 Å². The van der Waals surface area contributed by atoms with Crippen LogP contribution < -0.4 is 0 Å². The van der Waals surface area contributed by atoms with Crippen molar-refractivity contribution in [1.82, 2.24) is 14.7 Å². The second-order valence-electron chi connectivity index (χ2n) is 6.43. The molecule has 6 nitrogen and oxygen atoms in total. The van der Waals surface area contributed by atoms with E-state index in [1.807, 2.05) is 0 Å². The van der Waals surface area contributed by atoms with Crippen molar-refractivity contribution in [2.45, 2.75) is 34.6 Å². The SMILES string of the molecule is Cc1c(C(=O)OCC(=O)N(CC(C)C)CC(C)C)cnn1C. The highest BCUT2D eigenvalue weighted by Gasteiger charge is 2.20. The van der Waals surface area contributed by atoms with Crippen LogP contribution in [0.2, 0.25) is 0 Å². The van der Waals surface area contributed by atoms with Crippen molar-refractivity contribution in [2.24, 2.45) is 18.9 Å². The number of hydrogen-bond donors (Lipinski definition) is 0. The first kappa shape index (κ1) is 18.2. The maximum Gasteiger partial charge on any atom is 0.342 e. The molecule has 22 heavy (non-hydrogen) atoms. The first-order chi connectivity index (χ1) is 10.2. The third-order valence-electron chi connectivity index (χ3n) is 3.31. The van der Waals surface area contributed by atoms with Crippen molar-refractivity contribution >= 4 is 11.9 Å². The molecule has 1 aromatic rings. The van der Waals surface area contributed by atoms with Gasteiger partial charge in [0.05, 0.1) is 6.20 Å². The molecule has 0 radical (unpaired) electrons. The van der Waals surface area contributed by atoms with Crippen LogP contribution in [0, 0.1) is 18.8 Å². The molecule has 1 aromatic heterocycles. The number of esters is 1. The van der Waals surface area contributed by atoms with Gasteiger partial charge in [-0.2, -0.15) is 5.10 Å². The predicted molar refractivity (Wildman–Crippen MR) is 84.5 cm³/mol. The maximum absolute atomic E-state index is 12.3. The van der Waals surface area contributed by atoms with Crippen molar-refractivity contribution in [2.75, 3.05) is 19.7 Å². The molecule has 1 rings (SSSR count). The van der Waals surface area contributed by atoms with E-state index in [2.05, 4.69) is 32.8 Å². The Morgan fingerprint density at radius 2 is 1.77 bits per heavy atom. The molecule has 0 spiro atoms. The number of nitrogens with zero attached hydrogens (tertiary/aromatic N) is 3. The summed E-state index contributed by atoms with van der Waals surface area (Å²) in [5.74, 6) is 0.0863. The molecule has 0 aliphatic rings. The fourth-order valence-corrected chi connectivity index (χ4v) is 2.16. The summed E-state index contributed by atoms with van der Waals surface area (Å²) in [6.07, 6.45) is 1.46. The largest absolute Gasteiger partial charge is 0.452 e. The summed E-state index contributed by atoms with van der Waals surface area (Å²) in [7, 11) is 1.75. The third-order valence-corrected chi connectivity index (χ3v) is 3.31. The maximum atomic E-state index is 12.3. The third kappa shape index (κ3) is 5.16. The smallest absolute Gasteiger partial charge is 0.342 e. The Kier molecular flexibility index (Phi) is 6.59. The zero-order chi connectivity index (χ0) is 16.9. The first-order valence-corrected chi connectivity index (χ1v) is 7.65. The van der Waals surface area contributed by atoms with E-state index >= 15 is 0 Å². The molecule has 0 N–H and O–H groups in total. The standard InChI is InChI=1S/C16H27N3O3/c1-11(2)8-19(9-12(3)4)15(20)10-22-16(21)14-7-17-18(6)13(14)5/h7,11-12H,8-10H2,1-6H3. The molecule has 6 heteroatoms. The van der Waals surface area contributed by atoms with E-state index in [1.54, 1.807) is 23.6 Å². The van der Waals surface area contributed by atoms with Crippen LogP contribution in [0.1, 0.15) is 43.7 Å². The van der Waals surface area contributed by atoms with Gasteiger partial charge in [-0.05, 0) is 18.8 Å². The Morgan fingerprint density at radius 3 is 2.18 bits per heavy atom. The van der Waals surface area contributed by atoms with Gasteiger partial charge < -0.3 is 9.64 Å². The zero-order valence-electron chi connectivity index (χ0n) is 14.4. The molecular formula is C16H27N3O3. The van der Waals surface area contributed by atoms with Crippen LogP contribution >= 0.6 is 0 Å². The van der Waals surface area contributed by atoms with Crippen LogP contribution in [-0.2, 0) is 16.6 Å². The van der Waals surface area contributed by atoms with Crippen molar-refractivity contribution in [3.63, 3.8) is 0 Å². The average molecular weight is 309 g/mol. The van der Waals surface area contributed by atoms with E-state index in [9.17, 15) is 9.59 Å². The Balaban J connectivity index is 2.62. The Hall–Kier alpha value is -1.85. The lowest BCUT2D eigenvalue weighted by atomic mass is 10.1. The summed E-state index contributed by atoms with van der Waals surface area (Å²) in [6.45, 7) is 11.1. The normalized spacial score (nSPS) is 11.1. The van der Waals surface area contributed by atoms with Gasteiger partial charge in [0, 0.05) is 25.8 Å². The lowest BCUT2D eigenvalue weighted by Gasteiger charge is -2.26. The second-order valence-corrected chi connectivity index (χ2v) is 6.43. The van der Waals surface area contributed by atoms with E-state index in [-0.39, 0.29) is 12.5 Å². The van der Waals surface area contributed by atoms with Gasteiger partial charge in [-0.15, -0.1) is 0 Å². The molecule has 1 amide bonds. The number of ether oxygens (including phenoxy) is 1. The molecule has 0 atom stereocenters. The fraction of sp³-hybridized carbons (Fsp3) is 0.688. The minimum absolute atomic E-state index is 0.155. The molecule has 0 aliphatic heterocycles. The zero-order valence-corrected chi connectivity index (χ0v) is 14.4. The molecule has 0 unspecified atom stereocenters. The number of rotatable bonds is 7.